The summed E-state index contributed by atoms with van der Waals surface area (Å²) in [6.45, 7) is 4.07. The summed E-state index contributed by atoms with van der Waals surface area (Å²) in [5.74, 6) is 0.560. The molecule has 0 aliphatic rings. The van der Waals surface area contributed by atoms with Crippen LogP contribution in [0.4, 0.5) is 4.39 Å². The molecule has 1 aromatic carbocycles. The maximum absolute atomic E-state index is 13.0. The SMILES string of the molecule is COCC(O)Cc1nc(C(C)(C)c2ccc(F)cc2)no1. The molecule has 1 aromatic heterocycles. The van der Waals surface area contributed by atoms with E-state index in [-0.39, 0.29) is 18.8 Å². The molecule has 1 atom stereocenters. The smallest absolute Gasteiger partial charge is 0.229 e. The van der Waals surface area contributed by atoms with Gasteiger partial charge >= 0.3 is 0 Å². The number of methoxy groups -OCH3 is 1. The number of benzene rings is 1. The minimum Gasteiger partial charge on any atom is -0.390 e. The van der Waals surface area contributed by atoms with E-state index < -0.39 is 11.5 Å². The van der Waals surface area contributed by atoms with E-state index in [0.29, 0.717) is 11.7 Å². The summed E-state index contributed by atoms with van der Waals surface area (Å²) in [7, 11) is 1.51. The number of hydrogen-bond donors (Lipinski definition) is 1. The molecule has 1 N–H and O–H groups in total. The molecule has 0 spiro atoms. The molecule has 0 saturated heterocycles. The van der Waals surface area contributed by atoms with Gasteiger partial charge in [-0.1, -0.05) is 17.3 Å². The van der Waals surface area contributed by atoms with Gasteiger partial charge in [-0.2, -0.15) is 4.98 Å². The van der Waals surface area contributed by atoms with Crippen LogP contribution in [-0.2, 0) is 16.6 Å². The first-order valence-electron chi connectivity index (χ1n) is 6.69. The van der Waals surface area contributed by atoms with E-state index in [0.717, 1.165) is 5.56 Å². The lowest BCUT2D eigenvalue weighted by Crippen LogP contribution is -2.21. The predicted octanol–water partition coefficient (Wildman–Crippen LogP) is 2.08. The predicted molar refractivity (Wildman–Crippen MR) is 74.4 cm³/mol. The van der Waals surface area contributed by atoms with E-state index in [2.05, 4.69) is 10.1 Å². The zero-order chi connectivity index (χ0) is 15.5. The van der Waals surface area contributed by atoms with Gasteiger partial charge in [-0.15, -0.1) is 0 Å². The topological polar surface area (TPSA) is 68.4 Å². The maximum atomic E-state index is 13.0. The highest BCUT2D eigenvalue weighted by Gasteiger charge is 2.29. The van der Waals surface area contributed by atoms with Crippen molar-refractivity contribution in [3.63, 3.8) is 0 Å². The van der Waals surface area contributed by atoms with Gasteiger partial charge in [0.15, 0.2) is 5.82 Å². The highest BCUT2D eigenvalue weighted by Crippen LogP contribution is 2.29. The fourth-order valence-electron chi connectivity index (χ4n) is 2.04. The Morgan fingerprint density at radius 1 is 1.33 bits per heavy atom. The minimum atomic E-state index is -0.683. The molecule has 1 unspecified atom stereocenters. The van der Waals surface area contributed by atoms with E-state index >= 15 is 0 Å². The average Bonchev–Trinajstić information content (AvgIpc) is 2.88. The minimum absolute atomic E-state index is 0.207. The molecule has 6 heteroatoms. The van der Waals surface area contributed by atoms with Crippen molar-refractivity contribution in [1.82, 2.24) is 10.1 Å². The second-order valence-corrected chi connectivity index (χ2v) is 5.46. The van der Waals surface area contributed by atoms with E-state index in [4.69, 9.17) is 9.26 Å². The van der Waals surface area contributed by atoms with Crippen LogP contribution in [0.1, 0.15) is 31.1 Å². The van der Waals surface area contributed by atoms with Gasteiger partial charge in [-0.3, -0.25) is 0 Å². The molecule has 0 bridgehead atoms. The van der Waals surface area contributed by atoms with Crippen molar-refractivity contribution in [3.05, 3.63) is 47.4 Å². The summed E-state index contributed by atoms with van der Waals surface area (Å²) < 4.78 is 23.0. The van der Waals surface area contributed by atoms with E-state index in [1.54, 1.807) is 12.1 Å². The number of halogens is 1. The zero-order valence-electron chi connectivity index (χ0n) is 12.3. The molecular weight excluding hydrogens is 275 g/mol. The maximum Gasteiger partial charge on any atom is 0.229 e. The van der Waals surface area contributed by atoms with Crippen molar-refractivity contribution < 1.29 is 18.8 Å². The van der Waals surface area contributed by atoms with Crippen molar-refractivity contribution in [2.45, 2.75) is 31.8 Å². The Morgan fingerprint density at radius 2 is 2.00 bits per heavy atom. The molecule has 0 saturated carbocycles. The van der Waals surface area contributed by atoms with Crippen molar-refractivity contribution in [2.75, 3.05) is 13.7 Å². The zero-order valence-corrected chi connectivity index (χ0v) is 12.3. The molecular formula is C15H19FN2O3. The van der Waals surface area contributed by atoms with Crippen LogP contribution in [-0.4, -0.2) is 35.1 Å². The molecule has 0 aliphatic carbocycles. The largest absolute Gasteiger partial charge is 0.390 e. The lowest BCUT2D eigenvalue weighted by molar-refractivity contribution is 0.0599. The van der Waals surface area contributed by atoms with Crippen LogP contribution in [0, 0.1) is 5.82 Å². The molecule has 5 nitrogen and oxygen atoms in total. The number of hydrogen-bond acceptors (Lipinski definition) is 5. The van der Waals surface area contributed by atoms with Crippen molar-refractivity contribution in [2.24, 2.45) is 0 Å². The summed E-state index contributed by atoms with van der Waals surface area (Å²) in [6.07, 6.45) is -0.447. The van der Waals surface area contributed by atoms with E-state index in [1.165, 1.54) is 19.2 Å². The number of nitrogens with zero attached hydrogens (tertiary/aromatic N) is 2. The number of rotatable bonds is 6. The summed E-state index contributed by atoms with van der Waals surface area (Å²) in [5.41, 5.74) is 0.371. The second kappa shape index (κ2) is 6.32. The van der Waals surface area contributed by atoms with Crippen LogP contribution in [0.15, 0.2) is 28.8 Å². The monoisotopic (exact) mass is 294 g/mol. The Hall–Kier alpha value is -1.79. The number of aliphatic hydroxyl groups is 1. The Balaban J connectivity index is 2.17. The first-order chi connectivity index (χ1) is 9.93. The van der Waals surface area contributed by atoms with Crippen LogP contribution in [0.25, 0.3) is 0 Å². The molecule has 0 aliphatic heterocycles. The highest BCUT2D eigenvalue weighted by molar-refractivity contribution is 5.30. The van der Waals surface area contributed by atoms with Gasteiger partial charge in [0.2, 0.25) is 5.89 Å². The van der Waals surface area contributed by atoms with Gasteiger partial charge in [0.05, 0.1) is 24.5 Å². The number of aromatic nitrogens is 2. The molecule has 1 heterocycles. The Kier molecular flexibility index (Phi) is 4.69. The molecule has 0 amide bonds. The number of ether oxygens (including phenoxy) is 1. The van der Waals surface area contributed by atoms with Crippen molar-refractivity contribution >= 4 is 0 Å². The lowest BCUT2D eigenvalue weighted by atomic mass is 9.84. The van der Waals surface area contributed by atoms with Crippen molar-refractivity contribution in [3.8, 4) is 0 Å². The van der Waals surface area contributed by atoms with Crippen LogP contribution >= 0.6 is 0 Å². The van der Waals surface area contributed by atoms with E-state index in [1.807, 2.05) is 13.8 Å². The van der Waals surface area contributed by atoms with E-state index in [9.17, 15) is 9.50 Å². The first kappa shape index (κ1) is 15.6. The summed E-state index contributed by atoms with van der Waals surface area (Å²) >= 11 is 0. The van der Waals surface area contributed by atoms with Gasteiger partial charge in [-0.05, 0) is 31.5 Å². The molecule has 21 heavy (non-hydrogen) atoms. The van der Waals surface area contributed by atoms with Crippen LogP contribution in [0.3, 0.4) is 0 Å². The first-order valence-corrected chi connectivity index (χ1v) is 6.69. The van der Waals surface area contributed by atoms with Gasteiger partial charge in [0, 0.05) is 7.11 Å². The Labute approximate surface area is 122 Å². The lowest BCUT2D eigenvalue weighted by Gasteiger charge is -2.20. The second-order valence-electron chi connectivity index (χ2n) is 5.46. The average molecular weight is 294 g/mol. The highest BCUT2D eigenvalue weighted by atomic mass is 19.1. The van der Waals surface area contributed by atoms with Gasteiger partial charge in [-0.25, -0.2) is 4.39 Å². The van der Waals surface area contributed by atoms with Crippen LogP contribution < -0.4 is 0 Å². The fraction of sp³-hybridized carbons (Fsp3) is 0.467. The third-order valence-corrected chi connectivity index (χ3v) is 3.36. The normalized spacial score (nSPS) is 13.4. The van der Waals surface area contributed by atoms with Crippen LogP contribution in [0.5, 0.6) is 0 Å². The molecule has 0 fully saturated rings. The van der Waals surface area contributed by atoms with Crippen LogP contribution in [0.2, 0.25) is 0 Å². The summed E-state index contributed by atoms with van der Waals surface area (Å²) in [6, 6.07) is 6.21. The molecule has 2 rings (SSSR count). The third kappa shape index (κ3) is 3.65. The van der Waals surface area contributed by atoms with Gasteiger partial charge in [0.1, 0.15) is 5.82 Å². The third-order valence-electron chi connectivity index (χ3n) is 3.36. The molecule has 2 aromatic rings. The fourth-order valence-corrected chi connectivity index (χ4v) is 2.04. The van der Waals surface area contributed by atoms with Gasteiger partial charge < -0.3 is 14.4 Å². The standard InChI is InChI=1S/C15H19FN2O3/c1-15(2,10-4-6-11(16)7-5-10)14-17-13(21-18-14)8-12(19)9-20-3/h4-7,12,19H,8-9H2,1-3H3. The quantitative estimate of drug-likeness (QED) is 0.883. The molecule has 0 radical (unpaired) electrons. The van der Waals surface area contributed by atoms with Gasteiger partial charge in [0.25, 0.3) is 0 Å². The Bertz CT molecular complexity index is 581. The summed E-state index contributed by atoms with van der Waals surface area (Å²) in [4.78, 5) is 4.32. The number of aliphatic hydroxyl groups excluding tert-OH is 1. The Morgan fingerprint density at radius 3 is 2.62 bits per heavy atom. The summed E-state index contributed by atoms with van der Waals surface area (Å²) in [5, 5.41) is 13.6. The van der Waals surface area contributed by atoms with Crippen molar-refractivity contribution in [1.29, 1.82) is 0 Å². The molecule has 114 valence electrons.